The molecule has 19 heavy (non-hydrogen) atoms. The van der Waals surface area contributed by atoms with E-state index in [0.29, 0.717) is 5.92 Å². The standard InChI is InChI=1S/C17H29NO/c1-6-14(2)15-8-10-16(11-9-15)19-13-7-12-18-17(3,4)5/h8-11,14,18H,6-7,12-13H2,1-5H3/t14-/m1/s1. The van der Waals surface area contributed by atoms with Crippen LogP contribution in [-0.2, 0) is 0 Å². The lowest BCUT2D eigenvalue weighted by atomic mass is 9.99. The lowest BCUT2D eigenvalue weighted by Crippen LogP contribution is -2.36. The monoisotopic (exact) mass is 263 g/mol. The molecule has 0 amide bonds. The molecule has 0 radical (unpaired) electrons. The van der Waals surface area contributed by atoms with E-state index >= 15 is 0 Å². The molecule has 0 spiro atoms. The molecular weight excluding hydrogens is 234 g/mol. The van der Waals surface area contributed by atoms with Crippen molar-refractivity contribution in [3.63, 3.8) is 0 Å². The van der Waals surface area contributed by atoms with Gasteiger partial charge in [-0.05, 0) is 63.8 Å². The summed E-state index contributed by atoms with van der Waals surface area (Å²) in [5.41, 5.74) is 1.59. The zero-order valence-corrected chi connectivity index (χ0v) is 13.1. The second-order valence-corrected chi connectivity index (χ2v) is 6.26. The maximum Gasteiger partial charge on any atom is 0.119 e. The van der Waals surface area contributed by atoms with E-state index in [4.69, 9.17) is 4.74 Å². The number of hydrogen-bond donors (Lipinski definition) is 1. The number of ether oxygens (including phenoxy) is 1. The van der Waals surface area contributed by atoms with E-state index in [0.717, 1.165) is 25.3 Å². The highest BCUT2D eigenvalue weighted by Gasteiger charge is 2.07. The third-order valence-corrected chi connectivity index (χ3v) is 3.31. The van der Waals surface area contributed by atoms with Crippen LogP contribution < -0.4 is 10.1 Å². The molecular formula is C17H29NO. The fourth-order valence-corrected chi connectivity index (χ4v) is 1.85. The molecule has 0 aliphatic rings. The largest absolute Gasteiger partial charge is 0.494 e. The Labute approximate surface area is 118 Å². The molecule has 2 heteroatoms. The molecule has 0 saturated heterocycles. The van der Waals surface area contributed by atoms with Gasteiger partial charge in [0.05, 0.1) is 6.61 Å². The van der Waals surface area contributed by atoms with Crippen LogP contribution in [0.25, 0.3) is 0 Å². The summed E-state index contributed by atoms with van der Waals surface area (Å²) < 4.78 is 5.75. The van der Waals surface area contributed by atoms with Crippen LogP contribution in [-0.4, -0.2) is 18.7 Å². The topological polar surface area (TPSA) is 21.3 Å². The van der Waals surface area contributed by atoms with E-state index in [2.05, 4.69) is 64.2 Å². The first-order chi connectivity index (χ1) is 8.92. The van der Waals surface area contributed by atoms with E-state index in [1.54, 1.807) is 0 Å². The molecule has 0 aliphatic carbocycles. The van der Waals surface area contributed by atoms with Gasteiger partial charge in [-0.2, -0.15) is 0 Å². The lowest BCUT2D eigenvalue weighted by molar-refractivity contribution is 0.298. The van der Waals surface area contributed by atoms with Gasteiger partial charge in [-0.1, -0.05) is 26.0 Å². The SMILES string of the molecule is CC[C@@H](C)c1ccc(OCCCNC(C)(C)C)cc1. The maximum atomic E-state index is 5.75. The molecule has 0 bridgehead atoms. The molecule has 0 heterocycles. The van der Waals surface area contributed by atoms with E-state index in [-0.39, 0.29) is 5.54 Å². The van der Waals surface area contributed by atoms with Gasteiger partial charge in [-0.25, -0.2) is 0 Å². The Morgan fingerprint density at radius 3 is 2.32 bits per heavy atom. The Hall–Kier alpha value is -1.02. The molecule has 1 aromatic carbocycles. The molecule has 0 fully saturated rings. The van der Waals surface area contributed by atoms with Gasteiger partial charge in [-0.15, -0.1) is 0 Å². The maximum absolute atomic E-state index is 5.75. The highest BCUT2D eigenvalue weighted by molar-refractivity contribution is 5.29. The summed E-state index contributed by atoms with van der Waals surface area (Å²) in [6.45, 7) is 12.8. The molecule has 108 valence electrons. The van der Waals surface area contributed by atoms with Gasteiger partial charge in [0.1, 0.15) is 5.75 Å². The van der Waals surface area contributed by atoms with Crippen LogP contribution in [0.2, 0.25) is 0 Å². The fraction of sp³-hybridized carbons (Fsp3) is 0.647. The summed E-state index contributed by atoms with van der Waals surface area (Å²) in [6.07, 6.45) is 2.21. The minimum atomic E-state index is 0.192. The van der Waals surface area contributed by atoms with Crippen molar-refractivity contribution in [3.05, 3.63) is 29.8 Å². The van der Waals surface area contributed by atoms with Crippen molar-refractivity contribution >= 4 is 0 Å². The van der Waals surface area contributed by atoms with Crippen molar-refractivity contribution in [1.82, 2.24) is 5.32 Å². The van der Waals surface area contributed by atoms with Gasteiger partial charge in [0.15, 0.2) is 0 Å². The van der Waals surface area contributed by atoms with Gasteiger partial charge in [-0.3, -0.25) is 0 Å². The van der Waals surface area contributed by atoms with Crippen LogP contribution in [0.15, 0.2) is 24.3 Å². The predicted molar refractivity (Wildman–Crippen MR) is 83.0 cm³/mol. The van der Waals surface area contributed by atoms with Crippen molar-refractivity contribution < 1.29 is 4.74 Å². The van der Waals surface area contributed by atoms with Gasteiger partial charge in [0.25, 0.3) is 0 Å². The number of hydrogen-bond acceptors (Lipinski definition) is 2. The Balaban J connectivity index is 2.27. The number of nitrogens with one attached hydrogen (secondary N) is 1. The van der Waals surface area contributed by atoms with Gasteiger partial charge >= 0.3 is 0 Å². The second kappa shape index (κ2) is 7.54. The summed E-state index contributed by atoms with van der Waals surface area (Å²) in [5, 5.41) is 3.46. The molecule has 0 unspecified atom stereocenters. The highest BCUT2D eigenvalue weighted by Crippen LogP contribution is 2.21. The van der Waals surface area contributed by atoms with Crippen LogP contribution >= 0.6 is 0 Å². The zero-order valence-electron chi connectivity index (χ0n) is 13.1. The van der Waals surface area contributed by atoms with Crippen LogP contribution in [0, 0.1) is 0 Å². The van der Waals surface area contributed by atoms with Crippen LogP contribution in [0.3, 0.4) is 0 Å². The first kappa shape index (κ1) is 16.0. The molecule has 2 nitrogen and oxygen atoms in total. The van der Waals surface area contributed by atoms with Crippen LogP contribution in [0.1, 0.15) is 58.9 Å². The predicted octanol–water partition coefficient (Wildman–Crippen LogP) is 4.36. The Morgan fingerprint density at radius 1 is 1.16 bits per heavy atom. The first-order valence-corrected chi connectivity index (χ1v) is 7.40. The van der Waals surface area contributed by atoms with E-state index in [1.807, 2.05) is 0 Å². The minimum Gasteiger partial charge on any atom is -0.494 e. The van der Waals surface area contributed by atoms with Crippen molar-refractivity contribution in [2.45, 2.75) is 58.9 Å². The van der Waals surface area contributed by atoms with Crippen LogP contribution in [0.4, 0.5) is 0 Å². The normalized spacial score (nSPS) is 13.3. The van der Waals surface area contributed by atoms with Crippen molar-refractivity contribution in [1.29, 1.82) is 0 Å². The average molecular weight is 263 g/mol. The van der Waals surface area contributed by atoms with Crippen molar-refractivity contribution in [3.8, 4) is 5.75 Å². The summed E-state index contributed by atoms with van der Waals surface area (Å²) in [6, 6.07) is 8.52. The van der Waals surface area contributed by atoms with Crippen molar-refractivity contribution in [2.24, 2.45) is 0 Å². The zero-order chi connectivity index (χ0) is 14.3. The lowest BCUT2D eigenvalue weighted by Gasteiger charge is -2.20. The minimum absolute atomic E-state index is 0.192. The first-order valence-electron chi connectivity index (χ1n) is 7.40. The van der Waals surface area contributed by atoms with Gasteiger partial charge < -0.3 is 10.1 Å². The third-order valence-electron chi connectivity index (χ3n) is 3.31. The fourth-order valence-electron chi connectivity index (χ4n) is 1.85. The smallest absolute Gasteiger partial charge is 0.119 e. The molecule has 1 rings (SSSR count). The number of benzene rings is 1. The third kappa shape index (κ3) is 6.63. The highest BCUT2D eigenvalue weighted by atomic mass is 16.5. The molecule has 0 saturated carbocycles. The van der Waals surface area contributed by atoms with E-state index in [1.165, 1.54) is 12.0 Å². The molecule has 1 aromatic rings. The molecule has 0 aromatic heterocycles. The van der Waals surface area contributed by atoms with Crippen LogP contribution in [0.5, 0.6) is 5.75 Å². The van der Waals surface area contributed by atoms with E-state index < -0.39 is 0 Å². The van der Waals surface area contributed by atoms with Gasteiger partial charge in [0.2, 0.25) is 0 Å². The Morgan fingerprint density at radius 2 is 1.79 bits per heavy atom. The average Bonchev–Trinajstić information content (AvgIpc) is 2.37. The molecule has 1 N–H and O–H groups in total. The summed E-state index contributed by atoms with van der Waals surface area (Å²) in [7, 11) is 0. The quantitative estimate of drug-likeness (QED) is 0.738. The summed E-state index contributed by atoms with van der Waals surface area (Å²) in [4.78, 5) is 0. The van der Waals surface area contributed by atoms with Crippen molar-refractivity contribution in [2.75, 3.05) is 13.2 Å². The number of rotatable bonds is 7. The molecule has 1 atom stereocenters. The van der Waals surface area contributed by atoms with Gasteiger partial charge in [0, 0.05) is 5.54 Å². The summed E-state index contributed by atoms with van der Waals surface area (Å²) >= 11 is 0. The summed E-state index contributed by atoms with van der Waals surface area (Å²) in [5.74, 6) is 1.60. The van der Waals surface area contributed by atoms with E-state index in [9.17, 15) is 0 Å². The Bertz CT molecular complexity index is 351. The second-order valence-electron chi connectivity index (χ2n) is 6.26. The Kier molecular flexibility index (Phi) is 6.36. The molecule has 0 aliphatic heterocycles.